The molecule has 6 nitrogen and oxygen atoms in total. The highest BCUT2D eigenvalue weighted by Crippen LogP contribution is 2.28. The first-order valence-electron chi connectivity index (χ1n) is 8.76. The van der Waals surface area contributed by atoms with Crippen molar-refractivity contribution in [2.24, 2.45) is 0 Å². The molecule has 1 N–H and O–H groups in total. The summed E-state index contributed by atoms with van der Waals surface area (Å²) < 4.78 is 41.7. The number of aryl methyl sites for hydroxylation is 1. The summed E-state index contributed by atoms with van der Waals surface area (Å²) in [6.45, 7) is 2.41. The van der Waals surface area contributed by atoms with Crippen molar-refractivity contribution in [1.29, 1.82) is 0 Å². The van der Waals surface area contributed by atoms with Crippen LogP contribution in [0.1, 0.15) is 36.8 Å². The Morgan fingerprint density at radius 2 is 2.04 bits per heavy atom. The lowest BCUT2D eigenvalue weighted by atomic mass is 9.98. The van der Waals surface area contributed by atoms with Gasteiger partial charge >= 0.3 is 5.97 Å². The highest BCUT2D eigenvalue weighted by Gasteiger charge is 2.40. The van der Waals surface area contributed by atoms with E-state index in [1.807, 2.05) is 6.08 Å². The fourth-order valence-corrected chi connectivity index (χ4v) is 5.30. The van der Waals surface area contributed by atoms with E-state index in [1.165, 1.54) is 10.4 Å². The van der Waals surface area contributed by atoms with E-state index in [2.05, 4.69) is 0 Å². The Kier molecular flexibility index (Phi) is 5.45. The van der Waals surface area contributed by atoms with Crippen LogP contribution in [0.5, 0.6) is 0 Å². The number of hydrogen-bond donors (Lipinski definition) is 1. The van der Waals surface area contributed by atoms with Crippen LogP contribution in [0.15, 0.2) is 24.3 Å². The van der Waals surface area contributed by atoms with Gasteiger partial charge in [-0.2, -0.15) is 17.0 Å². The van der Waals surface area contributed by atoms with Crippen LogP contribution in [0, 0.1) is 12.7 Å². The van der Waals surface area contributed by atoms with Crippen LogP contribution in [0.25, 0.3) is 5.57 Å². The predicted octanol–water partition coefficient (Wildman–Crippen LogP) is 2.41. The van der Waals surface area contributed by atoms with Gasteiger partial charge in [0, 0.05) is 19.6 Å². The smallest absolute Gasteiger partial charge is 0.322 e. The SMILES string of the molecule is Cc1cc(C2=CCN(S(=O)(=O)N3CCCC[C@@H]3C(=O)O)CC2)ccc1F. The second-order valence-electron chi connectivity index (χ2n) is 6.77. The lowest BCUT2D eigenvalue weighted by molar-refractivity contribution is -0.142. The van der Waals surface area contributed by atoms with Gasteiger partial charge in [-0.1, -0.05) is 12.1 Å². The topological polar surface area (TPSA) is 77.9 Å². The van der Waals surface area contributed by atoms with Crippen molar-refractivity contribution in [3.8, 4) is 0 Å². The van der Waals surface area contributed by atoms with Crippen molar-refractivity contribution in [2.45, 2.75) is 38.6 Å². The zero-order valence-corrected chi connectivity index (χ0v) is 15.5. The Hall–Kier alpha value is -1.77. The van der Waals surface area contributed by atoms with E-state index in [0.29, 0.717) is 24.8 Å². The summed E-state index contributed by atoms with van der Waals surface area (Å²) >= 11 is 0. The number of benzene rings is 1. The Bertz CT molecular complexity index is 838. The molecular formula is C18H23FN2O4S. The Morgan fingerprint density at radius 3 is 2.65 bits per heavy atom. The number of piperidine rings is 1. The molecule has 0 aromatic heterocycles. The first kappa shape index (κ1) is 19.0. The molecule has 26 heavy (non-hydrogen) atoms. The molecule has 1 aromatic carbocycles. The Labute approximate surface area is 153 Å². The van der Waals surface area contributed by atoms with Gasteiger partial charge in [0.1, 0.15) is 11.9 Å². The van der Waals surface area contributed by atoms with Gasteiger partial charge in [0.2, 0.25) is 0 Å². The first-order chi connectivity index (χ1) is 12.3. The van der Waals surface area contributed by atoms with Crippen LogP contribution >= 0.6 is 0 Å². The number of nitrogens with zero attached hydrogens (tertiary/aromatic N) is 2. The van der Waals surface area contributed by atoms with E-state index in [-0.39, 0.29) is 25.5 Å². The number of carboxylic acids is 1. The van der Waals surface area contributed by atoms with Crippen molar-refractivity contribution in [2.75, 3.05) is 19.6 Å². The van der Waals surface area contributed by atoms with Crippen LogP contribution in [0.4, 0.5) is 4.39 Å². The van der Waals surface area contributed by atoms with Crippen LogP contribution < -0.4 is 0 Å². The van der Waals surface area contributed by atoms with Gasteiger partial charge in [0.25, 0.3) is 10.2 Å². The molecule has 3 rings (SSSR count). The third-order valence-corrected chi connectivity index (χ3v) is 7.08. The highest BCUT2D eigenvalue weighted by molar-refractivity contribution is 7.86. The monoisotopic (exact) mass is 382 g/mol. The van der Waals surface area contributed by atoms with Crippen LogP contribution in [0.2, 0.25) is 0 Å². The molecular weight excluding hydrogens is 359 g/mol. The third kappa shape index (κ3) is 3.67. The third-order valence-electron chi connectivity index (χ3n) is 5.06. The second kappa shape index (κ2) is 7.46. The quantitative estimate of drug-likeness (QED) is 0.867. The van der Waals surface area contributed by atoms with Crippen molar-refractivity contribution in [3.63, 3.8) is 0 Å². The van der Waals surface area contributed by atoms with E-state index in [1.54, 1.807) is 19.1 Å². The van der Waals surface area contributed by atoms with Gasteiger partial charge in [-0.3, -0.25) is 4.79 Å². The van der Waals surface area contributed by atoms with Gasteiger partial charge in [-0.25, -0.2) is 4.39 Å². The molecule has 1 fully saturated rings. The number of carbonyl (C=O) groups is 1. The summed E-state index contributed by atoms with van der Waals surface area (Å²) in [6, 6.07) is 3.89. The zero-order valence-electron chi connectivity index (χ0n) is 14.7. The molecule has 1 aromatic rings. The first-order valence-corrected chi connectivity index (χ1v) is 10.2. The molecule has 0 bridgehead atoms. The molecule has 0 spiro atoms. The summed E-state index contributed by atoms with van der Waals surface area (Å²) in [5, 5.41) is 9.34. The van der Waals surface area contributed by atoms with Crippen molar-refractivity contribution < 1.29 is 22.7 Å². The summed E-state index contributed by atoms with van der Waals surface area (Å²) in [5.41, 5.74) is 2.42. The molecule has 2 heterocycles. The van der Waals surface area contributed by atoms with Crippen molar-refractivity contribution in [3.05, 3.63) is 41.2 Å². The molecule has 142 valence electrons. The van der Waals surface area contributed by atoms with Gasteiger partial charge in [0.05, 0.1) is 0 Å². The van der Waals surface area contributed by atoms with Gasteiger partial charge in [-0.15, -0.1) is 0 Å². The van der Waals surface area contributed by atoms with Gasteiger partial charge in [-0.05, 0) is 61.4 Å². The predicted molar refractivity (Wildman–Crippen MR) is 96.2 cm³/mol. The average Bonchev–Trinajstić information content (AvgIpc) is 2.64. The standard InChI is InChI=1S/C18H23FN2O4S/c1-13-12-15(5-6-16(13)19)14-7-10-20(11-8-14)26(24,25)21-9-3-2-4-17(21)18(22)23/h5-7,12,17H,2-4,8-11H2,1H3,(H,22,23)/t17-/m1/s1. The van der Waals surface area contributed by atoms with E-state index < -0.39 is 22.2 Å². The molecule has 1 saturated heterocycles. The molecule has 1 atom stereocenters. The average molecular weight is 382 g/mol. The van der Waals surface area contributed by atoms with Crippen molar-refractivity contribution >= 4 is 21.8 Å². The summed E-state index contributed by atoms with van der Waals surface area (Å²) in [5.74, 6) is -1.36. The maximum absolute atomic E-state index is 13.4. The molecule has 0 radical (unpaired) electrons. The molecule has 0 amide bonds. The number of rotatable bonds is 4. The van der Waals surface area contributed by atoms with Crippen LogP contribution in [0.3, 0.4) is 0 Å². The fourth-order valence-electron chi connectivity index (χ4n) is 3.54. The normalized spacial score (nSPS) is 22.8. The lowest BCUT2D eigenvalue weighted by Gasteiger charge is -2.36. The molecule has 0 aliphatic carbocycles. The van der Waals surface area contributed by atoms with Crippen molar-refractivity contribution in [1.82, 2.24) is 8.61 Å². The fraction of sp³-hybridized carbons (Fsp3) is 0.500. The molecule has 2 aliphatic heterocycles. The molecule has 0 unspecified atom stereocenters. The van der Waals surface area contributed by atoms with Crippen LogP contribution in [-0.2, 0) is 15.0 Å². The Balaban J connectivity index is 1.78. The molecule has 0 saturated carbocycles. The summed E-state index contributed by atoms with van der Waals surface area (Å²) in [4.78, 5) is 11.4. The largest absolute Gasteiger partial charge is 0.480 e. The highest BCUT2D eigenvalue weighted by atomic mass is 32.2. The number of carboxylic acid groups (broad SMARTS) is 1. The molecule has 2 aliphatic rings. The van der Waals surface area contributed by atoms with Gasteiger partial charge in [0.15, 0.2) is 0 Å². The number of halogens is 1. The second-order valence-corrected chi connectivity index (χ2v) is 8.65. The minimum Gasteiger partial charge on any atom is -0.480 e. The van der Waals surface area contributed by atoms with E-state index in [4.69, 9.17) is 0 Å². The number of hydrogen-bond acceptors (Lipinski definition) is 3. The van der Waals surface area contributed by atoms with E-state index >= 15 is 0 Å². The minimum atomic E-state index is -3.82. The van der Waals surface area contributed by atoms with Crippen LogP contribution in [-0.4, -0.2) is 53.8 Å². The lowest BCUT2D eigenvalue weighted by Crippen LogP contribution is -2.54. The maximum atomic E-state index is 13.4. The summed E-state index contributed by atoms with van der Waals surface area (Å²) in [7, 11) is -3.82. The zero-order chi connectivity index (χ0) is 18.9. The summed E-state index contributed by atoms with van der Waals surface area (Å²) in [6.07, 6.45) is 4.07. The van der Waals surface area contributed by atoms with E-state index in [0.717, 1.165) is 21.9 Å². The maximum Gasteiger partial charge on any atom is 0.322 e. The molecule has 8 heteroatoms. The van der Waals surface area contributed by atoms with Gasteiger partial charge < -0.3 is 5.11 Å². The number of aliphatic carboxylic acids is 1. The Morgan fingerprint density at radius 1 is 1.27 bits per heavy atom. The minimum absolute atomic E-state index is 0.191. The van der Waals surface area contributed by atoms with E-state index in [9.17, 15) is 22.7 Å².